The summed E-state index contributed by atoms with van der Waals surface area (Å²) in [5.41, 5.74) is 1.96. The van der Waals surface area contributed by atoms with Crippen molar-refractivity contribution in [3.05, 3.63) is 69.7 Å². The summed E-state index contributed by atoms with van der Waals surface area (Å²) in [5, 5.41) is 1.41. The quantitative estimate of drug-likeness (QED) is 0.340. The van der Waals surface area contributed by atoms with Gasteiger partial charge in [-0.1, -0.05) is 68.2 Å². The molecule has 1 saturated carbocycles. The van der Waals surface area contributed by atoms with Crippen LogP contribution in [-0.2, 0) is 14.0 Å². The maximum absolute atomic E-state index is 13.8. The number of rotatable bonds is 7. The molecule has 2 aromatic rings. The Labute approximate surface area is 221 Å². The minimum absolute atomic E-state index is 0.00895. The van der Waals surface area contributed by atoms with Crippen LogP contribution in [0.3, 0.4) is 0 Å². The van der Waals surface area contributed by atoms with Gasteiger partial charge in [-0.15, -0.1) is 0 Å². The Morgan fingerprint density at radius 2 is 1.71 bits per heavy atom. The highest BCUT2D eigenvalue weighted by molar-refractivity contribution is 6.74. The highest BCUT2D eigenvalue weighted by atomic mass is 35.5. The van der Waals surface area contributed by atoms with Crippen LogP contribution >= 0.6 is 23.2 Å². The number of morpholine rings is 1. The third-order valence-corrected chi connectivity index (χ3v) is 12.9. The van der Waals surface area contributed by atoms with Crippen molar-refractivity contribution in [3.8, 4) is 0 Å². The van der Waals surface area contributed by atoms with Crippen molar-refractivity contribution in [1.82, 2.24) is 4.90 Å². The van der Waals surface area contributed by atoms with Gasteiger partial charge in [0, 0.05) is 10.0 Å². The number of carbonyl (C=O) groups is 1. The van der Waals surface area contributed by atoms with Crippen LogP contribution in [0.1, 0.15) is 63.8 Å². The first-order valence-corrected chi connectivity index (χ1v) is 16.2. The van der Waals surface area contributed by atoms with Crippen LogP contribution in [0.2, 0.25) is 28.2 Å². The average molecular weight is 535 g/mol. The summed E-state index contributed by atoms with van der Waals surface area (Å²) < 4.78 is 13.1. The topological polar surface area (TPSA) is 38.8 Å². The number of hydrogen-bond donors (Lipinski definition) is 0. The molecule has 0 spiro atoms. The summed E-state index contributed by atoms with van der Waals surface area (Å²) in [7, 11) is -1.99. The van der Waals surface area contributed by atoms with Crippen molar-refractivity contribution in [2.75, 3.05) is 6.61 Å². The van der Waals surface area contributed by atoms with Gasteiger partial charge >= 0.3 is 0 Å². The Kier molecular flexibility index (Phi) is 7.76. The number of halogens is 2. The summed E-state index contributed by atoms with van der Waals surface area (Å²) in [6.45, 7) is 13.7. The maximum Gasteiger partial charge on any atom is 0.252 e. The van der Waals surface area contributed by atoms with Gasteiger partial charge in [-0.3, -0.25) is 4.79 Å². The summed E-state index contributed by atoms with van der Waals surface area (Å²) in [5.74, 6) is 0.447. The Bertz CT molecular complexity index is 1050. The number of hydrogen-bond acceptors (Lipinski definition) is 3. The van der Waals surface area contributed by atoms with E-state index in [2.05, 4.69) is 38.8 Å². The molecule has 4 atom stereocenters. The van der Waals surface area contributed by atoms with Crippen LogP contribution in [0.4, 0.5) is 0 Å². The molecule has 4 rings (SSSR count). The van der Waals surface area contributed by atoms with Crippen LogP contribution in [-0.4, -0.2) is 37.9 Å². The standard InChI is InChI=1S/C28H37Cl2NO3Si/c1-18-27(32)31(24(19-10-11-19)17-33-35(5,6)28(2,3)4)25(20-12-14-22(29)15-13-20)26(34-18)21-8-7-9-23(30)16-21/h7-9,12-16,18-19,24-26H,10-11,17H2,1-6H3/t18-,24-,25?,26-/m1/s1. The van der Waals surface area contributed by atoms with Crippen LogP contribution in [0.25, 0.3) is 0 Å². The number of ether oxygens (including phenoxy) is 1. The van der Waals surface area contributed by atoms with E-state index in [0.29, 0.717) is 22.6 Å². The monoisotopic (exact) mass is 533 g/mol. The number of benzene rings is 2. The van der Waals surface area contributed by atoms with Gasteiger partial charge in [0.1, 0.15) is 12.2 Å². The molecule has 1 amide bonds. The zero-order chi connectivity index (χ0) is 25.5. The predicted octanol–water partition coefficient (Wildman–Crippen LogP) is 7.82. The van der Waals surface area contributed by atoms with E-state index < -0.39 is 14.4 Å². The molecular formula is C28H37Cl2NO3Si. The van der Waals surface area contributed by atoms with Gasteiger partial charge in [-0.05, 0) is 79.2 Å². The normalized spacial score (nSPS) is 24.5. The minimum Gasteiger partial charge on any atom is -0.415 e. The van der Waals surface area contributed by atoms with E-state index in [0.717, 1.165) is 24.0 Å². The lowest BCUT2D eigenvalue weighted by Gasteiger charge is -2.48. The maximum atomic E-state index is 13.8. The second kappa shape index (κ2) is 10.2. The fourth-order valence-electron chi connectivity index (χ4n) is 4.59. The summed E-state index contributed by atoms with van der Waals surface area (Å²) >= 11 is 12.6. The van der Waals surface area contributed by atoms with Gasteiger partial charge in [0.2, 0.25) is 0 Å². The van der Waals surface area contributed by atoms with Gasteiger partial charge in [-0.2, -0.15) is 0 Å². The zero-order valence-corrected chi connectivity index (χ0v) is 24.1. The molecule has 1 aliphatic heterocycles. The molecule has 0 N–H and O–H groups in total. The lowest BCUT2D eigenvalue weighted by Crippen LogP contribution is -2.57. The van der Waals surface area contributed by atoms with Crippen LogP contribution in [0.15, 0.2) is 48.5 Å². The van der Waals surface area contributed by atoms with E-state index in [1.807, 2.05) is 55.5 Å². The van der Waals surface area contributed by atoms with E-state index in [-0.39, 0.29) is 29.1 Å². The molecule has 1 unspecified atom stereocenters. The fourth-order valence-corrected chi connectivity index (χ4v) is 5.93. The van der Waals surface area contributed by atoms with E-state index in [9.17, 15) is 4.79 Å². The number of carbonyl (C=O) groups excluding carboxylic acids is 1. The van der Waals surface area contributed by atoms with Crippen LogP contribution in [0, 0.1) is 5.92 Å². The molecule has 0 bridgehead atoms. The predicted molar refractivity (Wildman–Crippen MR) is 145 cm³/mol. The van der Waals surface area contributed by atoms with Crippen LogP contribution < -0.4 is 0 Å². The van der Waals surface area contributed by atoms with E-state index >= 15 is 0 Å². The fraction of sp³-hybridized carbons (Fsp3) is 0.536. The smallest absolute Gasteiger partial charge is 0.252 e. The molecule has 4 nitrogen and oxygen atoms in total. The van der Waals surface area contributed by atoms with Crippen molar-refractivity contribution >= 4 is 37.4 Å². The van der Waals surface area contributed by atoms with Crippen LogP contribution in [0.5, 0.6) is 0 Å². The van der Waals surface area contributed by atoms with Gasteiger partial charge in [-0.25, -0.2) is 0 Å². The molecule has 0 radical (unpaired) electrons. The lowest BCUT2D eigenvalue weighted by atomic mass is 9.90. The molecule has 190 valence electrons. The van der Waals surface area contributed by atoms with Gasteiger partial charge in [0.15, 0.2) is 8.32 Å². The van der Waals surface area contributed by atoms with Gasteiger partial charge < -0.3 is 14.1 Å². The molecular weight excluding hydrogens is 497 g/mol. The van der Waals surface area contributed by atoms with Crippen molar-refractivity contribution in [2.45, 2.75) is 83.0 Å². The molecule has 1 saturated heterocycles. The second-order valence-corrected chi connectivity index (χ2v) is 17.2. The molecule has 0 aromatic heterocycles. The highest BCUT2D eigenvalue weighted by Crippen LogP contribution is 2.48. The lowest BCUT2D eigenvalue weighted by molar-refractivity contribution is -0.179. The Balaban J connectivity index is 1.77. The zero-order valence-electron chi connectivity index (χ0n) is 21.6. The van der Waals surface area contributed by atoms with Gasteiger partial charge in [0.25, 0.3) is 5.91 Å². The van der Waals surface area contributed by atoms with E-state index in [4.69, 9.17) is 32.4 Å². The van der Waals surface area contributed by atoms with Crippen molar-refractivity contribution in [1.29, 1.82) is 0 Å². The molecule has 1 heterocycles. The Morgan fingerprint density at radius 1 is 1.06 bits per heavy atom. The Hall–Kier alpha value is -1.37. The second-order valence-electron chi connectivity index (χ2n) is 11.5. The molecule has 2 aromatic carbocycles. The average Bonchev–Trinajstić information content (AvgIpc) is 3.61. The SMILES string of the molecule is C[C@H]1O[C@H](c2cccc(Cl)c2)C(c2ccc(Cl)cc2)N([C@H](CO[Si](C)(C)C(C)(C)C)C2CC2)C1=O. The van der Waals surface area contributed by atoms with Crippen molar-refractivity contribution in [3.63, 3.8) is 0 Å². The molecule has 1 aliphatic carbocycles. The third kappa shape index (κ3) is 5.80. The Morgan fingerprint density at radius 3 is 2.29 bits per heavy atom. The largest absolute Gasteiger partial charge is 0.415 e. The first kappa shape index (κ1) is 26.7. The number of nitrogens with zero attached hydrogens (tertiary/aromatic N) is 1. The van der Waals surface area contributed by atoms with Gasteiger partial charge in [0.05, 0.1) is 18.7 Å². The summed E-state index contributed by atoms with van der Waals surface area (Å²) in [6.07, 6.45) is 1.31. The van der Waals surface area contributed by atoms with E-state index in [1.165, 1.54) is 0 Å². The summed E-state index contributed by atoms with van der Waals surface area (Å²) in [6, 6.07) is 15.2. The highest BCUT2D eigenvalue weighted by Gasteiger charge is 2.50. The minimum atomic E-state index is -1.99. The molecule has 7 heteroatoms. The molecule has 2 aliphatic rings. The van der Waals surface area contributed by atoms with E-state index in [1.54, 1.807) is 0 Å². The summed E-state index contributed by atoms with van der Waals surface area (Å²) in [4.78, 5) is 15.9. The van der Waals surface area contributed by atoms with Crippen molar-refractivity contribution < 1.29 is 14.0 Å². The third-order valence-electron chi connectivity index (χ3n) is 7.87. The van der Waals surface area contributed by atoms with Crippen molar-refractivity contribution in [2.24, 2.45) is 5.92 Å². The first-order chi connectivity index (χ1) is 16.4. The first-order valence-electron chi connectivity index (χ1n) is 12.5. The molecule has 35 heavy (non-hydrogen) atoms. The molecule has 2 fully saturated rings. The number of amides is 1.